The molecule has 0 aromatic heterocycles. The van der Waals surface area contributed by atoms with Gasteiger partial charge in [0.25, 0.3) is 5.91 Å². The molecule has 6 heteroatoms. The van der Waals surface area contributed by atoms with Gasteiger partial charge in [0, 0.05) is 43.9 Å². The van der Waals surface area contributed by atoms with Crippen LogP contribution in [0, 0.1) is 11.7 Å². The second kappa shape index (κ2) is 7.59. The van der Waals surface area contributed by atoms with Gasteiger partial charge in [-0.15, -0.1) is 0 Å². The predicted octanol–water partition coefficient (Wildman–Crippen LogP) is 1.55. The molecule has 3 rings (SSSR count). The second-order valence-electron chi connectivity index (χ2n) is 6.82. The maximum Gasteiger partial charge on any atom is 0.251 e. The van der Waals surface area contributed by atoms with Crippen LogP contribution in [-0.2, 0) is 11.3 Å². The minimum atomic E-state index is -0.425. The molecule has 2 N–H and O–H groups in total. The molecule has 1 saturated heterocycles. The van der Waals surface area contributed by atoms with Crippen molar-refractivity contribution in [3.63, 3.8) is 0 Å². The zero-order chi connectivity index (χ0) is 17.1. The van der Waals surface area contributed by atoms with Crippen LogP contribution in [0.2, 0.25) is 0 Å². The average Bonchev–Trinajstić information content (AvgIpc) is 2.48. The number of likely N-dealkylation sites (tertiary alicyclic amines) is 1. The number of hydrogen-bond acceptors (Lipinski definition) is 4. The highest BCUT2D eigenvalue weighted by Gasteiger charge is 2.37. The summed E-state index contributed by atoms with van der Waals surface area (Å²) in [6.07, 6.45) is 3.34. The van der Waals surface area contributed by atoms with Gasteiger partial charge in [-0.1, -0.05) is 12.5 Å². The number of hydrogen-bond donors (Lipinski definition) is 2. The summed E-state index contributed by atoms with van der Waals surface area (Å²) in [6, 6.07) is 4.74. The van der Waals surface area contributed by atoms with Gasteiger partial charge in [0.1, 0.15) is 5.82 Å². The number of rotatable bonds is 7. The number of benzene rings is 1. The van der Waals surface area contributed by atoms with Crippen molar-refractivity contribution in [1.29, 1.82) is 0 Å². The van der Waals surface area contributed by atoms with Crippen molar-refractivity contribution in [3.8, 4) is 0 Å². The molecule has 1 aliphatic carbocycles. The fourth-order valence-electron chi connectivity index (χ4n) is 3.44. The first-order valence-electron chi connectivity index (χ1n) is 8.56. The molecule has 1 aliphatic heterocycles. The summed E-state index contributed by atoms with van der Waals surface area (Å²) in [4.78, 5) is 14.5. The predicted molar refractivity (Wildman–Crippen MR) is 88.2 cm³/mol. The smallest absolute Gasteiger partial charge is 0.251 e. The molecule has 132 valence electrons. The number of carbonyl (C=O) groups is 1. The fourth-order valence-corrected chi connectivity index (χ4v) is 3.44. The number of aliphatic hydroxyl groups excluding tert-OH is 1. The van der Waals surface area contributed by atoms with Crippen molar-refractivity contribution in [2.75, 3.05) is 26.7 Å². The summed E-state index contributed by atoms with van der Waals surface area (Å²) in [5.41, 5.74) is 0.763. The van der Waals surface area contributed by atoms with E-state index in [0.29, 0.717) is 36.7 Å². The molecule has 5 nitrogen and oxygen atoms in total. The van der Waals surface area contributed by atoms with Gasteiger partial charge in [0.05, 0.1) is 12.7 Å². The number of ether oxygens (including phenoxy) is 1. The normalized spacial score (nSPS) is 20.3. The highest BCUT2D eigenvalue weighted by atomic mass is 19.1. The van der Waals surface area contributed by atoms with Crippen molar-refractivity contribution >= 4 is 5.91 Å². The van der Waals surface area contributed by atoms with E-state index in [1.54, 1.807) is 12.1 Å². The molecule has 2 aliphatic rings. The summed E-state index contributed by atoms with van der Waals surface area (Å²) >= 11 is 0. The molecule has 0 spiro atoms. The van der Waals surface area contributed by atoms with E-state index in [1.807, 2.05) is 0 Å². The van der Waals surface area contributed by atoms with Crippen molar-refractivity contribution in [2.24, 2.45) is 5.92 Å². The van der Waals surface area contributed by atoms with Crippen molar-refractivity contribution in [2.45, 2.75) is 38.0 Å². The maximum absolute atomic E-state index is 13.9. The molecule has 1 amide bonds. The van der Waals surface area contributed by atoms with Gasteiger partial charge in [0.2, 0.25) is 0 Å². The molecular weight excluding hydrogens is 311 g/mol. The van der Waals surface area contributed by atoms with E-state index >= 15 is 0 Å². The third kappa shape index (κ3) is 3.77. The van der Waals surface area contributed by atoms with E-state index in [1.165, 1.54) is 32.4 Å². The number of β-amino-alcohol motifs (C(OH)–C–C–N with tert-alkyl or cyclic N) is 1. The summed E-state index contributed by atoms with van der Waals surface area (Å²) < 4.78 is 18.8. The monoisotopic (exact) mass is 336 g/mol. The molecule has 1 heterocycles. The minimum Gasteiger partial charge on any atom is -0.390 e. The highest BCUT2D eigenvalue weighted by Crippen LogP contribution is 2.33. The Morgan fingerprint density at radius 2 is 2.21 bits per heavy atom. The third-order valence-electron chi connectivity index (χ3n) is 5.14. The lowest BCUT2D eigenvalue weighted by Crippen LogP contribution is -2.61. The van der Waals surface area contributed by atoms with Gasteiger partial charge < -0.3 is 15.2 Å². The molecule has 1 unspecified atom stereocenters. The molecule has 1 saturated carbocycles. The highest BCUT2D eigenvalue weighted by molar-refractivity contribution is 5.94. The van der Waals surface area contributed by atoms with Gasteiger partial charge in [-0.05, 0) is 30.9 Å². The Morgan fingerprint density at radius 3 is 2.75 bits per heavy atom. The fraction of sp³-hybridized carbons (Fsp3) is 0.611. The van der Waals surface area contributed by atoms with Gasteiger partial charge in [-0.3, -0.25) is 9.69 Å². The number of nitrogens with zero attached hydrogens (tertiary/aromatic N) is 1. The molecule has 1 aromatic rings. The van der Waals surface area contributed by atoms with Gasteiger partial charge in [-0.25, -0.2) is 4.39 Å². The molecule has 0 radical (unpaired) electrons. The van der Waals surface area contributed by atoms with Crippen molar-refractivity contribution in [3.05, 3.63) is 35.1 Å². The SMILES string of the molecule is COCc1ccc(C(=O)NCC(C2CCC2)N2CC(O)C2)cc1F. The summed E-state index contributed by atoms with van der Waals surface area (Å²) in [6.45, 7) is 2.08. The van der Waals surface area contributed by atoms with Gasteiger partial charge in [0.15, 0.2) is 0 Å². The largest absolute Gasteiger partial charge is 0.390 e. The maximum atomic E-state index is 13.9. The van der Waals surface area contributed by atoms with Crippen LogP contribution >= 0.6 is 0 Å². The lowest BCUT2D eigenvalue weighted by molar-refractivity contribution is -0.0488. The Kier molecular flexibility index (Phi) is 5.48. The Hall–Kier alpha value is -1.50. The van der Waals surface area contributed by atoms with E-state index in [0.717, 1.165) is 0 Å². The number of aliphatic hydroxyl groups is 1. The first-order chi connectivity index (χ1) is 11.6. The van der Waals surface area contributed by atoms with Crippen LogP contribution in [0.3, 0.4) is 0 Å². The molecule has 1 atom stereocenters. The lowest BCUT2D eigenvalue weighted by Gasteiger charge is -2.47. The Labute approximate surface area is 141 Å². The number of nitrogens with one attached hydrogen (secondary N) is 1. The standard InChI is InChI=1S/C18H25FN2O3/c1-24-11-14-6-5-13(7-16(14)19)18(23)20-8-17(12-3-2-4-12)21-9-15(22)10-21/h5-7,12,15,17,22H,2-4,8-11H2,1H3,(H,20,23). The summed E-state index contributed by atoms with van der Waals surface area (Å²) in [7, 11) is 1.51. The van der Waals surface area contributed by atoms with Crippen LogP contribution in [0.25, 0.3) is 0 Å². The van der Waals surface area contributed by atoms with Crippen LogP contribution in [0.15, 0.2) is 18.2 Å². The van der Waals surface area contributed by atoms with Gasteiger partial charge >= 0.3 is 0 Å². The van der Waals surface area contributed by atoms with E-state index in [9.17, 15) is 14.3 Å². The minimum absolute atomic E-state index is 0.189. The molecule has 2 fully saturated rings. The third-order valence-corrected chi connectivity index (χ3v) is 5.14. The molecule has 24 heavy (non-hydrogen) atoms. The van der Waals surface area contributed by atoms with Crippen LogP contribution in [-0.4, -0.2) is 54.8 Å². The average molecular weight is 336 g/mol. The zero-order valence-electron chi connectivity index (χ0n) is 14.0. The van der Waals surface area contributed by atoms with E-state index in [2.05, 4.69) is 10.2 Å². The topological polar surface area (TPSA) is 61.8 Å². The quantitative estimate of drug-likeness (QED) is 0.793. The summed E-state index contributed by atoms with van der Waals surface area (Å²) in [5.74, 6) is -0.104. The van der Waals surface area contributed by atoms with E-state index in [4.69, 9.17) is 4.74 Å². The second-order valence-corrected chi connectivity index (χ2v) is 6.82. The first kappa shape index (κ1) is 17.3. The first-order valence-corrected chi connectivity index (χ1v) is 8.56. The number of carbonyl (C=O) groups excluding carboxylic acids is 1. The molecule has 0 bridgehead atoms. The zero-order valence-corrected chi connectivity index (χ0v) is 14.0. The number of halogens is 1. The Morgan fingerprint density at radius 1 is 1.46 bits per heavy atom. The van der Waals surface area contributed by atoms with Crippen LogP contribution in [0.4, 0.5) is 4.39 Å². The number of amides is 1. The Bertz CT molecular complexity index is 586. The van der Waals surface area contributed by atoms with Crippen molar-refractivity contribution in [1.82, 2.24) is 10.2 Å². The summed E-state index contributed by atoms with van der Waals surface area (Å²) in [5, 5.41) is 12.4. The van der Waals surface area contributed by atoms with E-state index in [-0.39, 0.29) is 24.7 Å². The lowest BCUT2D eigenvalue weighted by atomic mass is 9.78. The molecular formula is C18H25FN2O3. The van der Waals surface area contributed by atoms with Crippen LogP contribution in [0.1, 0.15) is 35.2 Å². The van der Waals surface area contributed by atoms with Gasteiger partial charge in [-0.2, -0.15) is 0 Å². The Balaban J connectivity index is 1.58. The van der Waals surface area contributed by atoms with E-state index < -0.39 is 5.82 Å². The number of methoxy groups -OCH3 is 1. The van der Waals surface area contributed by atoms with Crippen LogP contribution < -0.4 is 5.32 Å². The van der Waals surface area contributed by atoms with Crippen LogP contribution in [0.5, 0.6) is 0 Å². The molecule has 1 aromatic carbocycles. The van der Waals surface area contributed by atoms with Crippen molar-refractivity contribution < 1.29 is 19.0 Å².